The summed E-state index contributed by atoms with van der Waals surface area (Å²) in [6.45, 7) is 1.97. The van der Waals surface area contributed by atoms with Crippen molar-refractivity contribution in [2.75, 3.05) is 13.1 Å². The Balaban J connectivity index is 1.82. The fourth-order valence-corrected chi connectivity index (χ4v) is 3.00. The van der Waals surface area contributed by atoms with Crippen LogP contribution in [0.1, 0.15) is 56.3 Å². The largest absolute Gasteiger partial charge is 0.343 e. The quantitative estimate of drug-likeness (QED) is 0.809. The first-order chi connectivity index (χ1) is 8.34. The minimum atomic E-state index is -0.0150. The molecule has 0 aromatic carbocycles. The maximum atomic E-state index is 11.9. The third kappa shape index (κ3) is 2.16. The topological polar surface area (TPSA) is 62.7 Å². The molecular weight excluding hydrogens is 216 g/mol. The zero-order chi connectivity index (χ0) is 11.7. The fraction of sp³-hybridized carbons (Fsp3) is 0.833. The molecule has 1 aromatic heterocycles. The van der Waals surface area contributed by atoms with Crippen LogP contribution in [0.25, 0.3) is 0 Å². The van der Waals surface area contributed by atoms with Gasteiger partial charge in [-0.1, -0.05) is 19.3 Å². The van der Waals surface area contributed by atoms with Gasteiger partial charge in [0.05, 0.1) is 6.04 Å². The maximum absolute atomic E-state index is 11.9. The van der Waals surface area contributed by atoms with E-state index >= 15 is 0 Å². The molecule has 17 heavy (non-hydrogen) atoms. The Bertz CT molecular complexity index is 424. The normalized spacial score (nSPS) is 26.5. The summed E-state index contributed by atoms with van der Waals surface area (Å²) in [7, 11) is 0. The highest BCUT2D eigenvalue weighted by molar-refractivity contribution is 4.99. The van der Waals surface area contributed by atoms with E-state index in [-0.39, 0.29) is 5.69 Å². The molecule has 2 N–H and O–H groups in total. The van der Waals surface area contributed by atoms with Gasteiger partial charge < -0.3 is 5.32 Å². The van der Waals surface area contributed by atoms with Crippen LogP contribution in [-0.2, 0) is 0 Å². The number of H-pyrrole nitrogens is 1. The Morgan fingerprint density at radius 1 is 1.18 bits per heavy atom. The Labute approximate surface area is 101 Å². The van der Waals surface area contributed by atoms with E-state index in [2.05, 4.69) is 15.4 Å². The molecule has 0 amide bonds. The Kier molecular flexibility index (Phi) is 3.01. The lowest BCUT2D eigenvalue weighted by atomic mass is 9.96. The van der Waals surface area contributed by atoms with Crippen LogP contribution in [0.15, 0.2) is 4.79 Å². The lowest BCUT2D eigenvalue weighted by Crippen LogP contribution is -2.25. The van der Waals surface area contributed by atoms with Crippen molar-refractivity contribution in [2.45, 2.75) is 50.5 Å². The molecular formula is C12H20N4O. The predicted octanol–water partition coefficient (Wildman–Crippen LogP) is 1.15. The molecule has 0 radical (unpaired) electrons. The van der Waals surface area contributed by atoms with E-state index in [0.29, 0.717) is 12.0 Å². The molecule has 1 atom stereocenters. The summed E-state index contributed by atoms with van der Waals surface area (Å²) < 4.78 is 1.70. The van der Waals surface area contributed by atoms with Gasteiger partial charge >= 0.3 is 5.69 Å². The number of nitrogens with zero attached hydrogens (tertiary/aromatic N) is 2. The third-order valence-corrected chi connectivity index (χ3v) is 4.03. The standard InChI is InChI=1S/C12H20N4O/c17-12-14-11(9-6-7-13-8-9)15-16(12)10-4-2-1-3-5-10/h9-10,13H,1-8H2,(H,14,15,17). The molecule has 2 aliphatic rings. The highest BCUT2D eigenvalue weighted by Crippen LogP contribution is 2.27. The van der Waals surface area contributed by atoms with Gasteiger partial charge in [0, 0.05) is 12.5 Å². The van der Waals surface area contributed by atoms with Gasteiger partial charge in [-0.25, -0.2) is 9.48 Å². The molecule has 0 bridgehead atoms. The first-order valence-electron chi connectivity index (χ1n) is 6.74. The first-order valence-corrected chi connectivity index (χ1v) is 6.74. The molecule has 2 fully saturated rings. The van der Waals surface area contributed by atoms with Gasteiger partial charge in [-0.15, -0.1) is 0 Å². The lowest BCUT2D eigenvalue weighted by Gasteiger charge is -2.20. The molecule has 1 aliphatic heterocycles. The van der Waals surface area contributed by atoms with Crippen molar-refractivity contribution >= 4 is 0 Å². The minimum absolute atomic E-state index is 0.0150. The van der Waals surface area contributed by atoms with Crippen LogP contribution in [0.3, 0.4) is 0 Å². The van der Waals surface area contributed by atoms with Gasteiger partial charge in [-0.05, 0) is 25.8 Å². The molecule has 1 saturated carbocycles. The Hall–Kier alpha value is -1.10. The average molecular weight is 236 g/mol. The van der Waals surface area contributed by atoms with Crippen molar-refractivity contribution in [3.05, 3.63) is 16.3 Å². The van der Waals surface area contributed by atoms with E-state index in [0.717, 1.165) is 38.2 Å². The van der Waals surface area contributed by atoms with Crippen LogP contribution >= 0.6 is 0 Å². The van der Waals surface area contributed by atoms with Crippen LogP contribution in [0.4, 0.5) is 0 Å². The fourth-order valence-electron chi connectivity index (χ4n) is 3.00. The monoisotopic (exact) mass is 236 g/mol. The molecule has 5 heteroatoms. The summed E-state index contributed by atoms with van der Waals surface area (Å²) in [4.78, 5) is 14.9. The second-order valence-electron chi connectivity index (χ2n) is 5.24. The van der Waals surface area contributed by atoms with Crippen LogP contribution in [0.5, 0.6) is 0 Å². The van der Waals surface area contributed by atoms with E-state index in [1.54, 1.807) is 4.68 Å². The summed E-state index contributed by atoms with van der Waals surface area (Å²) in [5.41, 5.74) is -0.0150. The number of hydrogen-bond acceptors (Lipinski definition) is 3. The van der Waals surface area contributed by atoms with Crippen molar-refractivity contribution < 1.29 is 0 Å². The summed E-state index contributed by atoms with van der Waals surface area (Å²) in [6, 6.07) is 0.329. The van der Waals surface area contributed by atoms with E-state index in [4.69, 9.17) is 0 Å². The first kappa shape index (κ1) is 11.0. The second kappa shape index (κ2) is 4.64. The zero-order valence-electron chi connectivity index (χ0n) is 10.1. The number of aromatic nitrogens is 3. The molecule has 1 aromatic rings. The van der Waals surface area contributed by atoms with Gasteiger partial charge in [0.1, 0.15) is 5.82 Å². The molecule has 1 saturated heterocycles. The van der Waals surface area contributed by atoms with Crippen molar-refractivity contribution in [3.8, 4) is 0 Å². The highest BCUT2D eigenvalue weighted by atomic mass is 16.2. The Morgan fingerprint density at radius 2 is 2.00 bits per heavy atom. The number of aromatic amines is 1. The molecule has 5 nitrogen and oxygen atoms in total. The van der Waals surface area contributed by atoms with Gasteiger partial charge in [0.25, 0.3) is 0 Å². The number of hydrogen-bond donors (Lipinski definition) is 2. The van der Waals surface area contributed by atoms with E-state index in [9.17, 15) is 4.79 Å². The van der Waals surface area contributed by atoms with E-state index in [1.807, 2.05) is 0 Å². The summed E-state index contributed by atoms with van der Waals surface area (Å²) >= 11 is 0. The molecule has 1 aliphatic carbocycles. The van der Waals surface area contributed by atoms with Crippen molar-refractivity contribution in [2.24, 2.45) is 0 Å². The Morgan fingerprint density at radius 3 is 2.71 bits per heavy atom. The molecule has 2 heterocycles. The van der Waals surface area contributed by atoms with Crippen LogP contribution in [0.2, 0.25) is 0 Å². The van der Waals surface area contributed by atoms with Crippen LogP contribution < -0.4 is 11.0 Å². The molecule has 94 valence electrons. The number of rotatable bonds is 2. The summed E-state index contributed by atoms with van der Waals surface area (Å²) in [5, 5.41) is 7.83. The van der Waals surface area contributed by atoms with Gasteiger partial charge in [0.15, 0.2) is 0 Å². The van der Waals surface area contributed by atoms with E-state index in [1.165, 1.54) is 19.3 Å². The van der Waals surface area contributed by atoms with Crippen LogP contribution in [-0.4, -0.2) is 27.9 Å². The van der Waals surface area contributed by atoms with Crippen molar-refractivity contribution in [1.82, 2.24) is 20.1 Å². The van der Waals surface area contributed by atoms with Crippen LogP contribution in [0, 0.1) is 0 Å². The molecule has 0 spiro atoms. The summed E-state index contributed by atoms with van der Waals surface area (Å²) in [5.74, 6) is 1.28. The van der Waals surface area contributed by atoms with Gasteiger partial charge in [-0.3, -0.25) is 4.98 Å². The van der Waals surface area contributed by atoms with E-state index < -0.39 is 0 Å². The van der Waals surface area contributed by atoms with Crippen molar-refractivity contribution in [3.63, 3.8) is 0 Å². The third-order valence-electron chi connectivity index (χ3n) is 4.03. The smallest absolute Gasteiger partial charge is 0.316 e. The second-order valence-corrected chi connectivity index (χ2v) is 5.24. The molecule has 3 rings (SSSR count). The van der Waals surface area contributed by atoms with Gasteiger partial charge in [-0.2, -0.15) is 5.10 Å². The predicted molar refractivity (Wildman–Crippen MR) is 65.2 cm³/mol. The average Bonchev–Trinajstić information content (AvgIpc) is 2.99. The lowest BCUT2D eigenvalue weighted by molar-refractivity contribution is 0.320. The van der Waals surface area contributed by atoms with Gasteiger partial charge in [0.2, 0.25) is 0 Å². The summed E-state index contributed by atoms with van der Waals surface area (Å²) in [6.07, 6.45) is 7.04. The maximum Gasteiger partial charge on any atom is 0.343 e. The molecule has 1 unspecified atom stereocenters. The zero-order valence-corrected chi connectivity index (χ0v) is 10.1. The number of nitrogens with one attached hydrogen (secondary N) is 2. The highest BCUT2D eigenvalue weighted by Gasteiger charge is 2.24. The SMILES string of the molecule is O=c1[nH]c(C2CCNC2)nn1C1CCCCC1. The van der Waals surface area contributed by atoms with Crippen molar-refractivity contribution in [1.29, 1.82) is 0 Å². The minimum Gasteiger partial charge on any atom is -0.316 e.